The molecule has 0 aliphatic rings. The summed E-state index contributed by atoms with van der Waals surface area (Å²) in [6, 6.07) is 0.233. The number of rotatable bonds is 10. The van der Waals surface area contributed by atoms with Crippen molar-refractivity contribution < 1.29 is 14.9 Å². The molecule has 1 aromatic rings. The Morgan fingerprint density at radius 2 is 1.76 bits per heavy atom. The molecular formula is C13H25N5O3. The molecule has 21 heavy (non-hydrogen) atoms. The Morgan fingerprint density at radius 3 is 2.33 bits per heavy atom. The highest BCUT2D eigenvalue weighted by Crippen LogP contribution is 2.13. The van der Waals surface area contributed by atoms with Gasteiger partial charge in [0.05, 0.1) is 13.2 Å². The number of nitrogens with one attached hydrogen (secondary N) is 2. The van der Waals surface area contributed by atoms with Gasteiger partial charge in [-0.1, -0.05) is 13.8 Å². The van der Waals surface area contributed by atoms with Gasteiger partial charge in [0, 0.05) is 13.1 Å². The first-order valence-electron chi connectivity index (χ1n) is 7.20. The number of anilines is 2. The van der Waals surface area contributed by atoms with Crippen LogP contribution < -0.4 is 15.4 Å². The van der Waals surface area contributed by atoms with E-state index in [4.69, 9.17) is 9.84 Å². The van der Waals surface area contributed by atoms with Gasteiger partial charge in [0.2, 0.25) is 11.9 Å². The highest BCUT2D eigenvalue weighted by atomic mass is 16.5. The minimum atomic E-state index is -1.24. The molecule has 0 fully saturated rings. The zero-order chi connectivity index (χ0) is 15.7. The number of aromatic nitrogens is 3. The van der Waals surface area contributed by atoms with Crippen molar-refractivity contribution in [3.8, 4) is 6.01 Å². The summed E-state index contributed by atoms with van der Waals surface area (Å²) in [5, 5.41) is 24.8. The SMILES string of the molecule is CCCNc1nc(NCC(C)(O)CO)nc(OCCC)n1. The number of aliphatic hydroxyl groups is 2. The summed E-state index contributed by atoms with van der Waals surface area (Å²) < 4.78 is 5.42. The van der Waals surface area contributed by atoms with Crippen LogP contribution in [0.25, 0.3) is 0 Å². The van der Waals surface area contributed by atoms with Crippen molar-refractivity contribution in [1.82, 2.24) is 15.0 Å². The average molecular weight is 299 g/mol. The summed E-state index contributed by atoms with van der Waals surface area (Å²) in [5.74, 6) is 0.715. The van der Waals surface area contributed by atoms with Crippen LogP contribution in [0.2, 0.25) is 0 Å². The standard InChI is InChI=1S/C13H25N5O3/c1-4-6-14-10-16-11(15-8-13(3,20)9-19)18-12(17-10)21-7-5-2/h19-20H,4-9H2,1-3H3,(H2,14,15,16,17,18). The summed E-state index contributed by atoms with van der Waals surface area (Å²) >= 11 is 0. The quantitative estimate of drug-likeness (QED) is 0.498. The molecule has 1 heterocycles. The van der Waals surface area contributed by atoms with E-state index < -0.39 is 5.60 Å². The van der Waals surface area contributed by atoms with E-state index in [0.29, 0.717) is 18.5 Å². The van der Waals surface area contributed by atoms with Crippen LogP contribution in [0.4, 0.5) is 11.9 Å². The van der Waals surface area contributed by atoms with Crippen LogP contribution >= 0.6 is 0 Å². The first-order valence-corrected chi connectivity index (χ1v) is 7.20. The van der Waals surface area contributed by atoms with Gasteiger partial charge in [-0.2, -0.15) is 15.0 Å². The molecule has 1 unspecified atom stereocenters. The van der Waals surface area contributed by atoms with Gasteiger partial charge < -0.3 is 25.6 Å². The van der Waals surface area contributed by atoms with Crippen molar-refractivity contribution in [3.05, 3.63) is 0 Å². The Kier molecular flexibility index (Phi) is 7.10. The van der Waals surface area contributed by atoms with Gasteiger partial charge in [0.15, 0.2) is 0 Å². The lowest BCUT2D eigenvalue weighted by atomic mass is 10.1. The third-order valence-electron chi connectivity index (χ3n) is 2.55. The normalized spacial score (nSPS) is 13.6. The smallest absolute Gasteiger partial charge is 0.323 e. The maximum absolute atomic E-state index is 9.78. The molecule has 1 aromatic heterocycles. The lowest BCUT2D eigenvalue weighted by Gasteiger charge is -2.20. The minimum Gasteiger partial charge on any atom is -0.463 e. The highest BCUT2D eigenvalue weighted by molar-refractivity contribution is 5.36. The second-order valence-electron chi connectivity index (χ2n) is 5.05. The predicted molar refractivity (Wildman–Crippen MR) is 80.6 cm³/mol. The molecule has 1 rings (SSSR count). The van der Waals surface area contributed by atoms with Gasteiger partial charge in [-0.3, -0.25) is 0 Å². The fourth-order valence-corrected chi connectivity index (χ4v) is 1.33. The first kappa shape index (κ1) is 17.4. The van der Waals surface area contributed by atoms with Crippen molar-refractivity contribution in [2.75, 3.05) is 36.9 Å². The van der Waals surface area contributed by atoms with Crippen molar-refractivity contribution in [2.45, 2.75) is 39.2 Å². The number of aliphatic hydroxyl groups excluding tert-OH is 1. The molecule has 0 saturated carbocycles. The average Bonchev–Trinajstić information content (AvgIpc) is 2.49. The Hall–Kier alpha value is -1.67. The number of hydrogen-bond donors (Lipinski definition) is 4. The summed E-state index contributed by atoms with van der Waals surface area (Å²) in [5.41, 5.74) is -1.24. The summed E-state index contributed by atoms with van der Waals surface area (Å²) in [6.45, 7) is 6.58. The van der Waals surface area contributed by atoms with Gasteiger partial charge >= 0.3 is 6.01 Å². The van der Waals surface area contributed by atoms with Gasteiger partial charge in [0.25, 0.3) is 0 Å². The van der Waals surface area contributed by atoms with Crippen LogP contribution in [0.5, 0.6) is 6.01 Å². The van der Waals surface area contributed by atoms with Crippen LogP contribution in [0.15, 0.2) is 0 Å². The number of ether oxygens (including phenoxy) is 1. The molecule has 0 saturated heterocycles. The second-order valence-corrected chi connectivity index (χ2v) is 5.05. The third-order valence-corrected chi connectivity index (χ3v) is 2.55. The van der Waals surface area contributed by atoms with Crippen LogP contribution in [-0.2, 0) is 0 Å². The Bertz CT molecular complexity index is 402. The Morgan fingerprint density at radius 1 is 1.10 bits per heavy atom. The van der Waals surface area contributed by atoms with E-state index in [1.165, 1.54) is 6.92 Å². The third kappa shape index (κ3) is 6.54. The fourth-order valence-electron chi connectivity index (χ4n) is 1.33. The molecule has 0 aliphatic heterocycles. The van der Waals surface area contributed by atoms with Crippen molar-refractivity contribution >= 4 is 11.9 Å². The van der Waals surface area contributed by atoms with E-state index in [0.717, 1.165) is 19.4 Å². The van der Waals surface area contributed by atoms with E-state index in [-0.39, 0.29) is 19.2 Å². The van der Waals surface area contributed by atoms with Crippen molar-refractivity contribution in [3.63, 3.8) is 0 Å². The number of hydrogen-bond acceptors (Lipinski definition) is 8. The lowest BCUT2D eigenvalue weighted by molar-refractivity contribution is 0.0131. The maximum atomic E-state index is 9.78. The molecule has 0 aliphatic carbocycles. The monoisotopic (exact) mass is 299 g/mol. The topological polar surface area (TPSA) is 112 Å². The van der Waals surface area contributed by atoms with Crippen LogP contribution in [0.1, 0.15) is 33.6 Å². The van der Waals surface area contributed by atoms with Gasteiger partial charge in [0.1, 0.15) is 5.60 Å². The Labute approximate surface area is 125 Å². The Balaban J connectivity index is 2.79. The van der Waals surface area contributed by atoms with Gasteiger partial charge in [-0.15, -0.1) is 0 Å². The predicted octanol–water partition coefficient (Wildman–Crippen LogP) is 0.637. The molecule has 120 valence electrons. The summed E-state index contributed by atoms with van der Waals surface area (Å²) in [7, 11) is 0. The molecule has 1 atom stereocenters. The molecule has 0 spiro atoms. The summed E-state index contributed by atoms with van der Waals surface area (Å²) in [6.07, 6.45) is 1.80. The van der Waals surface area contributed by atoms with Crippen LogP contribution in [0, 0.1) is 0 Å². The van der Waals surface area contributed by atoms with Gasteiger partial charge in [-0.25, -0.2) is 0 Å². The molecule has 8 heteroatoms. The molecular weight excluding hydrogens is 274 g/mol. The fraction of sp³-hybridized carbons (Fsp3) is 0.769. The van der Waals surface area contributed by atoms with Crippen molar-refractivity contribution in [1.29, 1.82) is 0 Å². The van der Waals surface area contributed by atoms with Crippen LogP contribution in [-0.4, -0.2) is 57.1 Å². The van der Waals surface area contributed by atoms with Crippen LogP contribution in [0.3, 0.4) is 0 Å². The molecule has 0 amide bonds. The zero-order valence-electron chi connectivity index (χ0n) is 12.9. The van der Waals surface area contributed by atoms with E-state index >= 15 is 0 Å². The summed E-state index contributed by atoms with van der Waals surface area (Å²) in [4.78, 5) is 12.5. The van der Waals surface area contributed by atoms with Crippen molar-refractivity contribution in [2.24, 2.45) is 0 Å². The zero-order valence-corrected chi connectivity index (χ0v) is 12.9. The largest absolute Gasteiger partial charge is 0.463 e. The number of nitrogens with zero attached hydrogens (tertiary/aromatic N) is 3. The molecule has 4 N–H and O–H groups in total. The van der Waals surface area contributed by atoms with E-state index in [1.54, 1.807) is 0 Å². The van der Waals surface area contributed by atoms with E-state index in [2.05, 4.69) is 25.6 Å². The van der Waals surface area contributed by atoms with E-state index in [1.807, 2.05) is 13.8 Å². The molecule has 8 nitrogen and oxygen atoms in total. The molecule has 0 radical (unpaired) electrons. The second kappa shape index (κ2) is 8.58. The molecule has 0 aromatic carbocycles. The maximum Gasteiger partial charge on any atom is 0.323 e. The first-order chi connectivity index (χ1) is 10.0. The molecule has 0 bridgehead atoms. The highest BCUT2D eigenvalue weighted by Gasteiger charge is 2.19. The minimum absolute atomic E-state index is 0.119. The van der Waals surface area contributed by atoms with Gasteiger partial charge in [-0.05, 0) is 19.8 Å². The lowest BCUT2D eigenvalue weighted by Crippen LogP contribution is -2.37. The van der Waals surface area contributed by atoms with E-state index in [9.17, 15) is 5.11 Å².